The number of hydrogen-bond acceptors (Lipinski definition) is 4. The summed E-state index contributed by atoms with van der Waals surface area (Å²) in [6.45, 7) is 0. The normalized spacial score (nSPS) is 12.5. The van der Waals surface area contributed by atoms with Crippen LogP contribution in [0.3, 0.4) is 0 Å². The van der Waals surface area contributed by atoms with E-state index in [9.17, 15) is 0 Å². The van der Waals surface area contributed by atoms with Crippen LogP contribution in [-0.2, 0) is 0 Å². The summed E-state index contributed by atoms with van der Waals surface area (Å²) in [5.41, 5.74) is 3.18. The lowest BCUT2D eigenvalue weighted by molar-refractivity contribution is 1.27. The zero-order chi connectivity index (χ0) is 20.1. The lowest BCUT2D eigenvalue weighted by Gasteiger charge is -2.08. The van der Waals surface area contributed by atoms with E-state index in [0.717, 1.165) is 16.6 Å². The first-order chi connectivity index (χ1) is 15.4. The highest BCUT2D eigenvalue weighted by atomic mass is 32.1. The second-order valence-corrected chi connectivity index (χ2v) is 9.98. The SMILES string of the molecule is c1ccc2c(c1)sc1ccc3c4ccc5c6ncccc6c6nccn6c5c4sc3c12. The van der Waals surface area contributed by atoms with Gasteiger partial charge in [0.05, 0.1) is 15.7 Å². The van der Waals surface area contributed by atoms with Crippen molar-refractivity contribution >= 4 is 90.5 Å². The predicted molar refractivity (Wildman–Crippen MR) is 134 cm³/mol. The Morgan fingerprint density at radius 2 is 1.45 bits per heavy atom. The highest BCUT2D eigenvalue weighted by molar-refractivity contribution is 7.30. The van der Waals surface area contributed by atoms with E-state index in [2.05, 4.69) is 70.2 Å². The lowest BCUT2D eigenvalue weighted by Crippen LogP contribution is -1.92. The summed E-state index contributed by atoms with van der Waals surface area (Å²) in [7, 11) is 0. The van der Waals surface area contributed by atoms with Crippen molar-refractivity contribution in [3.63, 3.8) is 0 Å². The minimum absolute atomic E-state index is 0.965. The van der Waals surface area contributed by atoms with Crippen LogP contribution in [0.5, 0.6) is 0 Å². The molecular formula is C26H13N3S2. The molecule has 0 N–H and O–H groups in total. The first-order valence-corrected chi connectivity index (χ1v) is 11.8. The average molecular weight is 432 g/mol. The van der Waals surface area contributed by atoms with Gasteiger partial charge in [-0.1, -0.05) is 30.3 Å². The predicted octanol–water partition coefficient (Wildman–Crippen LogP) is 7.77. The number of thiophene rings is 2. The summed E-state index contributed by atoms with van der Waals surface area (Å²) in [4.78, 5) is 9.40. The number of hydrogen-bond donors (Lipinski definition) is 0. The third kappa shape index (κ3) is 1.93. The molecule has 0 fully saturated rings. The van der Waals surface area contributed by atoms with Crippen LogP contribution < -0.4 is 0 Å². The van der Waals surface area contributed by atoms with Crippen LogP contribution in [0.2, 0.25) is 0 Å². The number of aromatic nitrogens is 3. The molecule has 0 saturated carbocycles. The number of benzene rings is 3. The monoisotopic (exact) mass is 431 g/mol. The molecule has 0 saturated heterocycles. The molecule has 5 aromatic heterocycles. The van der Waals surface area contributed by atoms with E-state index in [1.54, 1.807) is 0 Å². The van der Waals surface area contributed by atoms with Crippen molar-refractivity contribution in [1.82, 2.24) is 14.4 Å². The van der Waals surface area contributed by atoms with Gasteiger partial charge in [-0.25, -0.2) is 4.98 Å². The van der Waals surface area contributed by atoms with Gasteiger partial charge in [-0.05, 0) is 30.3 Å². The van der Waals surface area contributed by atoms with Crippen molar-refractivity contribution in [2.24, 2.45) is 0 Å². The summed E-state index contributed by atoms with van der Waals surface area (Å²) < 4.78 is 7.60. The van der Waals surface area contributed by atoms with Gasteiger partial charge in [-0.2, -0.15) is 0 Å². The lowest BCUT2D eigenvalue weighted by atomic mass is 10.1. The first-order valence-electron chi connectivity index (χ1n) is 10.2. The largest absolute Gasteiger partial charge is 0.298 e. The van der Waals surface area contributed by atoms with E-state index in [1.807, 2.05) is 41.1 Å². The van der Waals surface area contributed by atoms with Crippen LogP contribution in [0.4, 0.5) is 0 Å². The molecule has 5 heteroatoms. The van der Waals surface area contributed by atoms with Crippen LogP contribution in [0, 0.1) is 0 Å². The van der Waals surface area contributed by atoms with Gasteiger partial charge in [0.15, 0.2) is 0 Å². The van der Waals surface area contributed by atoms with Crippen molar-refractivity contribution in [3.05, 3.63) is 79.3 Å². The smallest absolute Gasteiger partial charge is 0.146 e. The fourth-order valence-electron chi connectivity index (χ4n) is 5.01. The molecule has 0 aliphatic heterocycles. The van der Waals surface area contributed by atoms with Gasteiger partial charge in [0.1, 0.15) is 5.65 Å². The summed E-state index contributed by atoms with van der Waals surface area (Å²) >= 11 is 3.77. The van der Waals surface area contributed by atoms with Crippen molar-refractivity contribution in [1.29, 1.82) is 0 Å². The Morgan fingerprint density at radius 1 is 0.613 bits per heavy atom. The van der Waals surface area contributed by atoms with Gasteiger partial charge in [-0.15, -0.1) is 22.7 Å². The van der Waals surface area contributed by atoms with Crippen molar-refractivity contribution < 1.29 is 0 Å². The molecule has 3 nitrogen and oxygen atoms in total. The van der Waals surface area contributed by atoms with Gasteiger partial charge < -0.3 is 0 Å². The fourth-order valence-corrected chi connectivity index (χ4v) is 7.59. The molecule has 0 amide bonds. The third-order valence-corrected chi connectivity index (χ3v) is 8.69. The zero-order valence-corrected chi connectivity index (χ0v) is 17.8. The fraction of sp³-hybridized carbons (Fsp3) is 0. The van der Waals surface area contributed by atoms with E-state index in [0.29, 0.717) is 0 Å². The number of nitrogens with zero attached hydrogens (tertiary/aromatic N) is 3. The van der Waals surface area contributed by atoms with Gasteiger partial charge in [0.2, 0.25) is 0 Å². The van der Waals surface area contributed by atoms with E-state index < -0.39 is 0 Å². The van der Waals surface area contributed by atoms with Crippen molar-refractivity contribution in [2.75, 3.05) is 0 Å². The van der Waals surface area contributed by atoms with E-state index in [4.69, 9.17) is 4.98 Å². The van der Waals surface area contributed by atoms with Gasteiger partial charge >= 0.3 is 0 Å². The van der Waals surface area contributed by atoms with E-state index in [1.165, 1.54) is 51.2 Å². The zero-order valence-electron chi connectivity index (χ0n) is 16.2. The molecule has 0 spiro atoms. The molecule has 8 rings (SSSR count). The molecule has 144 valence electrons. The molecule has 31 heavy (non-hydrogen) atoms. The van der Waals surface area contributed by atoms with Crippen LogP contribution in [-0.4, -0.2) is 14.4 Å². The van der Waals surface area contributed by atoms with Crippen molar-refractivity contribution in [2.45, 2.75) is 0 Å². The minimum atomic E-state index is 0.965. The van der Waals surface area contributed by atoms with Crippen LogP contribution in [0.15, 0.2) is 79.3 Å². The Balaban J connectivity index is 1.68. The molecule has 0 bridgehead atoms. The number of pyridine rings is 2. The Labute approximate surface area is 183 Å². The van der Waals surface area contributed by atoms with Crippen LogP contribution >= 0.6 is 22.7 Å². The molecule has 0 aliphatic carbocycles. The maximum atomic E-state index is 4.74. The summed E-state index contributed by atoms with van der Waals surface area (Å²) in [5, 5.41) is 7.62. The topological polar surface area (TPSA) is 30.2 Å². The second kappa shape index (κ2) is 5.58. The maximum Gasteiger partial charge on any atom is 0.146 e. The maximum absolute atomic E-state index is 4.74. The summed E-state index contributed by atoms with van der Waals surface area (Å²) in [6, 6.07) is 21.9. The average Bonchev–Trinajstić information content (AvgIpc) is 3.53. The number of imidazole rings is 1. The van der Waals surface area contributed by atoms with Gasteiger partial charge in [-0.3, -0.25) is 9.38 Å². The summed E-state index contributed by atoms with van der Waals surface area (Å²) in [6.07, 6.45) is 5.83. The van der Waals surface area contributed by atoms with Gasteiger partial charge in [0.25, 0.3) is 0 Å². The van der Waals surface area contributed by atoms with Crippen LogP contribution in [0.25, 0.3) is 67.8 Å². The van der Waals surface area contributed by atoms with E-state index in [-0.39, 0.29) is 0 Å². The number of fused-ring (bicyclic) bond motifs is 14. The second-order valence-electron chi connectivity index (χ2n) is 7.87. The highest BCUT2D eigenvalue weighted by Gasteiger charge is 2.18. The Hall–Kier alpha value is -3.54. The molecule has 0 unspecified atom stereocenters. The summed E-state index contributed by atoms with van der Waals surface area (Å²) in [5.74, 6) is 0. The standard InChI is InChI=1S/C26H13N3S2/c1-2-6-19-16(4-1)21-20(30-19)10-9-14-15-7-8-17-22-18(5-3-11-27-22)26-28-12-13-29(26)23(17)25(15)31-24(14)21/h1-13H. The molecule has 8 aromatic rings. The molecular weight excluding hydrogens is 418 g/mol. The Kier molecular flexibility index (Phi) is 2.91. The minimum Gasteiger partial charge on any atom is -0.298 e. The molecule has 0 radical (unpaired) electrons. The molecule has 0 atom stereocenters. The quantitative estimate of drug-likeness (QED) is 0.230. The molecule has 0 aliphatic rings. The third-order valence-electron chi connectivity index (χ3n) is 6.31. The first kappa shape index (κ1) is 16.2. The van der Waals surface area contributed by atoms with Crippen molar-refractivity contribution in [3.8, 4) is 0 Å². The molecule has 3 aromatic carbocycles. The highest BCUT2D eigenvalue weighted by Crippen LogP contribution is 2.46. The Bertz CT molecular complexity index is 2010. The molecule has 5 heterocycles. The van der Waals surface area contributed by atoms with Crippen LogP contribution in [0.1, 0.15) is 0 Å². The Morgan fingerprint density at radius 3 is 2.45 bits per heavy atom. The van der Waals surface area contributed by atoms with E-state index >= 15 is 0 Å². The van der Waals surface area contributed by atoms with Gasteiger partial charge in [0, 0.05) is 65.0 Å². The number of rotatable bonds is 0.